The van der Waals surface area contributed by atoms with E-state index in [9.17, 15) is 5.26 Å². The average Bonchev–Trinajstić information content (AvgIpc) is 3.33. The number of piperidine rings is 1. The van der Waals surface area contributed by atoms with Crippen molar-refractivity contribution >= 4 is 22.0 Å². The summed E-state index contributed by atoms with van der Waals surface area (Å²) in [6.45, 7) is 8.05. The third kappa shape index (κ3) is 5.00. The highest BCUT2D eigenvalue weighted by molar-refractivity contribution is 5.89. The third-order valence-electron chi connectivity index (χ3n) is 5.54. The number of hydrogen-bond acceptors (Lipinski definition) is 4. The lowest BCUT2D eigenvalue weighted by molar-refractivity contribution is 0.568. The SMILES string of the molecule is C/C(C#N)=C(\C=C/N)c1ccc(-c2ccc3cc(N4CCCCC4)ccc3c2)o1.CC. The van der Waals surface area contributed by atoms with Crippen LogP contribution in [0.5, 0.6) is 0 Å². The fourth-order valence-electron chi connectivity index (χ4n) is 3.92. The predicted octanol–water partition coefficient (Wildman–Crippen LogP) is 6.89. The molecule has 4 nitrogen and oxygen atoms in total. The van der Waals surface area contributed by atoms with Gasteiger partial charge in [0.25, 0.3) is 0 Å². The number of anilines is 1. The molecule has 0 atom stereocenters. The van der Waals surface area contributed by atoms with E-state index in [0.29, 0.717) is 16.9 Å². The fraction of sp³-hybridized carbons (Fsp3) is 0.296. The van der Waals surface area contributed by atoms with Crippen LogP contribution < -0.4 is 10.6 Å². The van der Waals surface area contributed by atoms with Crippen molar-refractivity contribution < 1.29 is 4.42 Å². The maximum Gasteiger partial charge on any atom is 0.135 e. The lowest BCUT2D eigenvalue weighted by Crippen LogP contribution is -2.29. The first-order valence-electron chi connectivity index (χ1n) is 11.1. The van der Waals surface area contributed by atoms with Crippen LogP contribution in [-0.4, -0.2) is 13.1 Å². The Balaban J connectivity index is 0.00000132. The standard InChI is InChI=1S/C25H25N3O.C2H6/c1-18(17-27)23(11-12-26)25-10-9-24(29-25)21-6-5-20-16-22(8-7-19(20)15-21)28-13-3-2-4-14-28;1-2/h5-12,15-16H,2-4,13-14,26H2,1H3;1-2H3/b12-11-,23-18-;. The van der Waals surface area contributed by atoms with Crippen molar-refractivity contribution in [1.82, 2.24) is 0 Å². The van der Waals surface area contributed by atoms with Gasteiger partial charge in [-0.15, -0.1) is 0 Å². The van der Waals surface area contributed by atoms with E-state index in [-0.39, 0.29) is 0 Å². The van der Waals surface area contributed by atoms with Gasteiger partial charge in [0.15, 0.2) is 0 Å². The molecule has 31 heavy (non-hydrogen) atoms. The van der Waals surface area contributed by atoms with Crippen LogP contribution in [0.2, 0.25) is 0 Å². The molecule has 2 aromatic carbocycles. The lowest BCUT2D eigenvalue weighted by Gasteiger charge is -2.29. The van der Waals surface area contributed by atoms with E-state index in [4.69, 9.17) is 10.2 Å². The molecule has 1 aliphatic heterocycles. The van der Waals surface area contributed by atoms with Gasteiger partial charge in [0.1, 0.15) is 11.5 Å². The minimum atomic E-state index is 0.566. The highest BCUT2D eigenvalue weighted by Crippen LogP contribution is 2.31. The number of rotatable bonds is 4. The number of benzene rings is 2. The van der Waals surface area contributed by atoms with Gasteiger partial charge in [-0.2, -0.15) is 5.26 Å². The number of nitriles is 1. The predicted molar refractivity (Wildman–Crippen MR) is 131 cm³/mol. The van der Waals surface area contributed by atoms with E-state index < -0.39 is 0 Å². The molecular formula is C27H31N3O. The summed E-state index contributed by atoms with van der Waals surface area (Å²) in [5.41, 5.74) is 9.12. The molecule has 1 saturated heterocycles. The second-order valence-electron chi connectivity index (χ2n) is 7.47. The molecule has 3 aromatic rings. The summed E-state index contributed by atoms with van der Waals surface area (Å²) in [6, 6.07) is 19.1. The number of nitrogens with two attached hydrogens (primary N) is 1. The van der Waals surface area contributed by atoms with E-state index in [1.165, 1.54) is 41.9 Å². The van der Waals surface area contributed by atoms with E-state index in [1.807, 2.05) is 26.0 Å². The molecular weight excluding hydrogens is 382 g/mol. The van der Waals surface area contributed by atoms with Crippen LogP contribution in [-0.2, 0) is 0 Å². The first-order valence-corrected chi connectivity index (χ1v) is 11.1. The summed E-state index contributed by atoms with van der Waals surface area (Å²) >= 11 is 0. The van der Waals surface area contributed by atoms with Crippen LogP contribution in [0.25, 0.3) is 27.7 Å². The van der Waals surface area contributed by atoms with Crippen molar-refractivity contribution in [3.05, 3.63) is 72.1 Å². The van der Waals surface area contributed by atoms with Crippen LogP contribution >= 0.6 is 0 Å². The van der Waals surface area contributed by atoms with Gasteiger partial charge >= 0.3 is 0 Å². The first-order chi connectivity index (χ1) is 15.2. The molecule has 0 aliphatic carbocycles. The van der Waals surface area contributed by atoms with Crippen molar-refractivity contribution in [1.29, 1.82) is 5.26 Å². The van der Waals surface area contributed by atoms with E-state index in [2.05, 4.69) is 47.4 Å². The molecule has 160 valence electrons. The summed E-state index contributed by atoms with van der Waals surface area (Å²) in [4.78, 5) is 2.48. The molecule has 4 rings (SSSR count). The van der Waals surface area contributed by atoms with Crippen LogP contribution in [0.1, 0.15) is 45.8 Å². The summed E-state index contributed by atoms with van der Waals surface area (Å²) in [5, 5.41) is 11.6. The molecule has 0 amide bonds. The van der Waals surface area contributed by atoms with Gasteiger partial charge in [0.05, 0.1) is 6.07 Å². The molecule has 1 fully saturated rings. The van der Waals surface area contributed by atoms with Gasteiger partial charge in [0.2, 0.25) is 0 Å². The van der Waals surface area contributed by atoms with Gasteiger partial charge < -0.3 is 15.1 Å². The zero-order valence-corrected chi connectivity index (χ0v) is 18.7. The fourth-order valence-corrected chi connectivity index (χ4v) is 3.92. The summed E-state index contributed by atoms with van der Waals surface area (Å²) < 4.78 is 6.05. The Morgan fingerprint density at radius 3 is 2.42 bits per heavy atom. The Morgan fingerprint density at radius 1 is 1.00 bits per heavy atom. The Morgan fingerprint density at radius 2 is 1.71 bits per heavy atom. The molecule has 0 spiro atoms. The topological polar surface area (TPSA) is 66.2 Å². The Bertz CT molecular complexity index is 1120. The van der Waals surface area contributed by atoms with Gasteiger partial charge in [-0.25, -0.2) is 0 Å². The van der Waals surface area contributed by atoms with Crippen LogP contribution in [0.15, 0.2) is 70.8 Å². The van der Waals surface area contributed by atoms with Gasteiger partial charge in [-0.05, 0) is 79.6 Å². The largest absolute Gasteiger partial charge is 0.456 e. The first kappa shape index (κ1) is 22.2. The highest BCUT2D eigenvalue weighted by atomic mass is 16.3. The third-order valence-corrected chi connectivity index (χ3v) is 5.54. The molecule has 1 aliphatic rings. The Labute approximate surface area is 185 Å². The quantitative estimate of drug-likeness (QED) is 0.374. The van der Waals surface area contributed by atoms with Crippen molar-refractivity contribution in [2.24, 2.45) is 5.73 Å². The monoisotopic (exact) mass is 413 g/mol. The number of allylic oxidation sites excluding steroid dienone is 3. The van der Waals surface area contributed by atoms with Crippen molar-refractivity contribution in [3.63, 3.8) is 0 Å². The zero-order valence-electron chi connectivity index (χ0n) is 18.7. The molecule has 1 aromatic heterocycles. The number of furan rings is 1. The molecule has 2 N–H and O–H groups in total. The van der Waals surface area contributed by atoms with Crippen LogP contribution in [0.3, 0.4) is 0 Å². The van der Waals surface area contributed by atoms with E-state index >= 15 is 0 Å². The summed E-state index contributed by atoms with van der Waals surface area (Å²) in [5.74, 6) is 1.41. The molecule has 0 saturated carbocycles. The zero-order chi connectivity index (χ0) is 22.2. The van der Waals surface area contributed by atoms with Gasteiger partial charge in [0, 0.05) is 35.5 Å². The number of hydrogen-bond donors (Lipinski definition) is 1. The van der Waals surface area contributed by atoms with Crippen molar-refractivity contribution in [2.45, 2.75) is 40.0 Å². The highest BCUT2D eigenvalue weighted by Gasteiger charge is 2.13. The minimum absolute atomic E-state index is 0.566. The summed E-state index contributed by atoms with van der Waals surface area (Å²) in [6.07, 6.45) is 7.01. The van der Waals surface area contributed by atoms with Crippen LogP contribution in [0, 0.1) is 11.3 Å². The minimum Gasteiger partial charge on any atom is -0.456 e. The Kier molecular flexibility index (Phi) is 7.56. The maximum absolute atomic E-state index is 9.22. The Hall–Kier alpha value is -3.45. The van der Waals surface area contributed by atoms with Crippen molar-refractivity contribution in [2.75, 3.05) is 18.0 Å². The van der Waals surface area contributed by atoms with Gasteiger partial charge in [-0.1, -0.05) is 32.0 Å². The molecule has 0 bridgehead atoms. The summed E-state index contributed by atoms with van der Waals surface area (Å²) in [7, 11) is 0. The number of fused-ring (bicyclic) bond motifs is 1. The smallest absolute Gasteiger partial charge is 0.135 e. The lowest BCUT2D eigenvalue weighted by atomic mass is 10.0. The van der Waals surface area contributed by atoms with Crippen molar-refractivity contribution in [3.8, 4) is 17.4 Å². The van der Waals surface area contributed by atoms with E-state index in [0.717, 1.165) is 24.4 Å². The average molecular weight is 414 g/mol. The second kappa shape index (κ2) is 10.5. The molecule has 4 heteroatoms. The second-order valence-corrected chi connectivity index (χ2v) is 7.47. The maximum atomic E-state index is 9.22. The molecule has 0 radical (unpaired) electrons. The van der Waals surface area contributed by atoms with Gasteiger partial charge in [-0.3, -0.25) is 0 Å². The van der Waals surface area contributed by atoms with Crippen LogP contribution in [0.4, 0.5) is 5.69 Å². The number of nitrogens with zero attached hydrogens (tertiary/aromatic N) is 2. The normalized spacial score (nSPS) is 14.7. The molecule has 0 unspecified atom stereocenters. The molecule has 2 heterocycles. The van der Waals surface area contributed by atoms with E-state index in [1.54, 1.807) is 13.0 Å².